The van der Waals surface area contributed by atoms with Crippen LogP contribution in [0, 0.1) is 11.3 Å². The van der Waals surface area contributed by atoms with Gasteiger partial charge in [-0.05, 0) is 62.9 Å². The maximum absolute atomic E-state index is 12.8. The van der Waals surface area contributed by atoms with Crippen LogP contribution in [0.25, 0.3) is 0 Å². The molecule has 0 spiro atoms. The van der Waals surface area contributed by atoms with Crippen LogP contribution in [0.5, 0.6) is 0 Å². The molecule has 1 saturated heterocycles. The number of carbonyl (C=O) groups is 1. The number of carboxylic acid groups (broad SMARTS) is 1. The standard InChI is InChI=1S/C32H41NO4/c1-4-14-28(34)27-23-26(32(37,24-15-8-5-9-16-24)25-17-10-6-11-18-25)19-20-31(27,30(2,3)29(35)36)33-21-12-7-13-22-33/h5-6,8-11,15-20,23,27-28,34,37H,4,7,12-14,21-22H2,1-3H3,(H,35,36). The SMILES string of the molecule is CCCC(O)C1C=C(C(O)(c2ccccc2)c2ccccc2)C=CC1(N1CCCCC1)C(C)(C)C(=O)O. The Morgan fingerprint density at radius 3 is 2.03 bits per heavy atom. The first-order valence-electron chi connectivity index (χ1n) is 13.6. The summed E-state index contributed by atoms with van der Waals surface area (Å²) in [5, 5.41) is 34.6. The van der Waals surface area contributed by atoms with Crippen molar-refractivity contribution in [3.05, 3.63) is 95.6 Å². The van der Waals surface area contributed by atoms with Crippen molar-refractivity contribution in [1.29, 1.82) is 0 Å². The van der Waals surface area contributed by atoms with Crippen molar-refractivity contribution < 1.29 is 20.1 Å². The molecule has 37 heavy (non-hydrogen) atoms. The number of benzene rings is 2. The van der Waals surface area contributed by atoms with E-state index in [9.17, 15) is 20.1 Å². The molecule has 198 valence electrons. The van der Waals surface area contributed by atoms with Crippen molar-refractivity contribution in [1.82, 2.24) is 4.90 Å². The fourth-order valence-corrected chi connectivity index (χ4v) is 6.46. The average molecular weight is 504 g/mol. The third-order valence-electron chi connectivity index (χ3n) is 8.60. The van der Waals surface area contributed by atoms with Gasteiger partial charge in [0.2, 0.25) is 0 Å². The maximum atomic E-state index is 12.8. The van der Waals surface area contributed by atoms with E-state index in [1.165, 1.54) is 0 Å². The molecule has 2 aromatic rings. The van der Waals surface area contributed by atoms with Gasteiger partial charge in [0.25, 0.3) is 0 Å². The minimum atomic E-state index is -1.45. The molecule has 0 bridgehead atoms. The number of aliphatic hydroxyl groups excluding tert-OH is 1. The molecule has 0 aromatic heterocycles. The predicted molar refractivity (Wildman–Crippen MR) is 147 cm³/mol. The van der Waals surface area contributed by atoms with Gasteiger partial charge in [-0.1, -0.05) is 98.7 Å². The molecular weight excluding hydrogens is 462 g/mol. The van der Waals surface area contributed by atoms with E-state index in [1.807, 2.05) is 85.8 Å². The summed E-state index contributed by atoms with van der Waals surface area (Å²) >= 11 is 0. The number of hydrogen-bond donors (Lipinski definition) is 3. The van der Waals surface area contributed by atoms with Crippen molar-refractivity contribution in [2.45, 2.75) is 70.1 Å². The lowest BCUT2D eigenvalue weighted by atomic mass is 9.58. The molecule has 4 rings (SSSR count). The quantitative estimate of drug-likeness (QED) is 0.419. The summed E-state index contributed by atoms with van der Waals surface area (Å²) in [7, 11) is 0. The zero-order valence-corrected chi connectivity index (χ0v) is 22.3. The summed E-state index contributed by atoms with van der Waals surface area (Å²) in [6.45, 7) is 7.14. The van der Waals surface area contributed by atoms with Gasteiger partial charge in [-0.2, -0.15) is 0 Å². The molecule has 1 aliphatic carbocycles. The second-order valence-electron chi connectivity index (χ2n) is 11.1. The molecule has 0 amide bonds. The number of hydrogen-bond acceptors (Lipinski definition) is 4. The van der Waals surface area contributed by atoms with Gasteiger partial charge in [0.1, 0.15) is 5.60 Å². The van der Waals surface area contributed by atoms with Crippen LogP contribution in [0.2, 0.25) is 0 Å². The summed E-state index contributed by atoms with van der Waals surface area (Å²) in [6.07, 6.45) is 9.54. The number of rotatable bonds is 9. The van der Waals surface area contributed by atoms with E-state index in [0.29, 0.717) is 12.0 Å². The van der Waals surface area contributed by atoms with E-state index >= 15 is 0 Å². The van der Waals surface area contributed by atoms with Gasteiger partial charge < -0.3 is 15.3 Å². The first-order valence-corrected chi connectivity index (χ1v) is 13.6. The van der Waals surface area contributed by atoms with E-state index in [4.69, 9.17) is 0 Å². The predicted octanol–water partition coefficient (Wildman–Crippen LogP) is 5.53. The second-order valence-corrected chi connectivity index (χ2v) is 11.1. The van der Waals surface area contributed by atoms with Crippen molar-refractivity contribution in [3.8, 4) is 0 Å². The number of aliphatic hydroxyl groups is 2. The number of aliphatic carboxylic acids is 1. The monoisotopic (exact) mass is 503 g/mol. The van der Waals surface area contributed by atoms with Crippen LogP contribution >= 0.6 is 0 Å². The van der Waals surface area contributed by atoms with Crippen LogP contribution in [0.3, 0.4) is 0 Å². The first-order chi connectivity index (χ1) is 17.7. The number of likely N-dealkylation sites (tertiary alicyclic amines) is 1. The molecule has 3 atom stereocenters. The Balaban J connectivity index is 1.95. The lowest BCUT2D eigenvalue weighted by Crippen LogP contribution is -2.67. The van der Waals surface area contributed by atoms with Crippen LogP contribution in [0.1, 0.15) is 64.0 Å². The van der Waals surface area contributed by atoms with Gasteiger partial charge in [0, 0.05) is 5.92 Å². The molecule has 2 aliphatic rings. The molecular formula is C32H41NO4. The Morgan fingerprint density at radius 1 is 1.00 bits per heavy atom. The molecule has 1 fully saturated rings. The van der Waals surface area contributed by atoms with Crippen molar-refractivity contribution in [3.63, 3.8) is 0 Å². The van der Waals surface area contributed by atoms with Crippen LogP contribution in [0.15, 0.2) is 84.5 Å². The van der Waals surface area contributed by atoms with Crippen LogP contribution in [-0.4, -0.2) is 50.9 Å². The highest BCUT2D eigenvalue weighted by molar-refractivity contribution is 5.77. The fourth-order valence-electron chi connectivity index (χ4n) is 6.46. The van der Waals surface area contributed by atoms with Gasteiger partial charge in [-0.15, -0.1) is 0 Å². The number of piperidine rings is 1. The lowest BCUT2D eigenvalue weighted by molar-refractivity contribution is -0.160. The van der Waals surface area contributed by atoms with Crippen molar-refractivity contribution >= 4 is 5.97 Å². The number of nitrogens with zero attached hydrogens (tertiary/aromatic N) is 1. The van der Waals surface area contributed by atoms with Crippen LogP contribution < -0.4 is 0 Å². The Labute approximate surface area is 221 Å². The molecule has 1 aliphatic heterocycles. The van der Waals surface area contributed by atoms with Gasteiger partial charge in [0.15, 0.2) is 0 Å². The summed E-state index contributed by atoms with van der Waals surface area (Å²) in [5.41, 5.74) is -1.47. The smallest absolute Gasteiger partial charge is 0.311 e. The minimum Gasteiger partial charge on any atom is -0.481 e. The zero-order chi connectivity index (χ0) is 26.7. The third kappa shape index (κ3) is 4.69. The second kappa shape index (κ2) is 10.9. The van der Waals surface area contributed by atoms with Crippen molar-refractivity contribution in [2.75, 3.05) is 13.1 Å². The van der Waals surface area contributed by atoms with E-state index < -0.39 is 34.5 Å². The zero-order valence-electron chi connectivity index (χ0n) is 22.3. The highest BCUT2D eigenvalue weighted by Gasteiger charge is 2.59. The first kappa shape index (κ1) is 27.3. The Bertz CT molecular complexity index is 1080. The van der Waals surface area contributed by atoms with Gasteiger partial charge >= 0.3 is 5.97 Å². The normalized spacial score (nSPS) is 23.9. The summed E-state index contributed by atoms with van der Waals surface area (Å²) in [5.74, 6) is -1.41. The highest BCUT2D eigenvalue weighted by atomic mass is 16.4. The fraction of sp³-hybridized carbons (Fsp3) is 0.469. The maximum Gasteiger partial charge on any atom is 0.311 e. The largest absolute Gasteiger partial charge is 0.481 e. The Kier molecular flexibility index (Phi) is 8.08. The highest BCUT2D eigenvalue weighted by Crippen LogP contribution is 2.51. The molecule has 3 N–H and O–H groups in total. The summed E-state index contributed by atoms with van der Waals surface area (Å²) in [4.78, 5) is 15.1. The molecule has 2 aromatic carbocycles. The Hall–Kier alpha value is -2.73. The molecule has 1 heterocycles. The van der Waals surface area contributed by atoms with Crippen LogP contribution in [-0.2, 0) is 10.4 Å². The summed E-state index contributed by atoms with van der Waals surface area (Å²) < 4.78 is 0. The van der Waals surface area contributed by atoms with Gasteiger partial charge in [-0.3, -0.25) is 9.69 Å². The molecule has 3 unspecified atom stereocenters. The topological polar surface area (TPSA) is 81.0 Å². The van der Waals surface area contributed by atoms with E-state index in [1.54, 1.807) is 13.8 Å². The van der Waals surface area contributed by atoms with Crippen LogP contribution in [0.4, 0.5) is 0 Å². The lowest BCUT2D eigenvalue weighted by Gasteiger charge is -2.57. The van der Waals surface area contributed by atoms with Gasteiger partial charge in [0.05, 0.1) is 17.1 Å². The van der Waals surface area contributed by atoms with E-state index in [0.717, 1.165) is 49.9 Å². The van der Waals surface area contributed by atoms with E-state index in [2.05, 4.69) is 4.90 Å². The molecule has 0 radical (unpaired) electrons. The molecule has 5 heteroatoms. The van der Waals surface area contributed by atoms with E-state index in [-0.39, 0.29) is 0 Å². The Morgan fingerprint density at radius 2 is 1.54 bits per heavy atom. The number of carboxylic acids is 1. The average Bonchev–Trinajstić information content (AvgIpc) is 2.93. The minimum absolute atomic E-state index is 0.518. The third-order valence-corrected chi connectivity index (χ3v) is 8.60. The summed E-state index contributed by atoms with van der Waals surface area (Å²) in [6, 6.07) is 19.1. The van der Waals surface area contributed by atoms with Crippen molar-refractivity contribution in [2.24, 2.45) is 11.3 Å². The molecule has 5 nitrogen and oxygen atoms in total. The van der Waals surface area contributed by atoms with Gasteiger partial charge in [-0.25, -0.2) is 0 Å². The molecule has 0 saturated carbocycles.